The maximum atomic E-state index is 13.4. The molecule has 13 heavy (non-hydrogen) atoms. The number of hydrogen-bond acceptors (Lipinski definition) is 2. The lowest BCUT2D eigenvalue weighted by atomic mass is 9.94. The number of thioether (sulfide) groups is 1. The van der Waals surface area contributed by atoms with Crippen molar-refractivity contribution in [3.63, 3.8) is 0 Å². The number of carbonyl (C=O) groups is 1. The highest BCUT2D eigenvalue weighted by molar-refractivity contribution is 7.99. The zero-order valence-electron chi connectivity index (χ0n) is 7.54. The van der Waals surface area contributed by atoms with E-state index in [0.717, 1.165) is 17.9 Å². The van der Waals surface area contributed by atoms with Crippen molar-refractivity contribution < 1.29 is 14.3 Å². The van der Waals surface area contributed by atoms with Crippen LogP contribution in [0.3, 0.4) is 0 Å². The third-order valence-electron chi connectivity index (χ3n) is 2.41. The standard InChI is InChI=1S/C9H15FO2S/c10-8-4-6-13-5-3-7(8)1-2-9(11)12/h7-8H,1-6H2,(H,11,12)/t7-,8-/m1/s1. The van der Waals surface area contributed by atoms with Crippen LogP contribution < -0.4 is 0 Å². The van der Waals surface area contributed by atoms with Gasteiger partial charge in [0.2, 0.25) is 0 Å². The van der Waals surface area contributed by atoms with Gasteiger partial charge in [-0.3, -0.25) is 4.79 Å². The SMILES string of the molecule is O=C(O)CC[C@@H]1CCSCC[C@H]1F. The summed E-state index contributed by atoms with van der Waals surface area (Å²) in [5.41, 5.74) is 0. The third kappa shape index (κ3) is 3.98. The van der Waals surface area contributed by atoms with Crippen LogP contribution in [0.4, 0.5) is 4.39 Å². The molecule has 0 aromatic heterocycles. The Bertz CT molecular complexity index is 175. The number of rotatable bonds is 3. The quantitative estimate of drug-likeness (QED) is 0.770. The second kappa shape index (κ2) is 5.47. The van der Waals surface area contributed by atoms with Crippen molar-refractivity contribution in [2.24, 2.45) is 5.92 Å². The summed E-state index contributed by atoms with van der Waals surface area (Å²) in [5, 5.41) is 8.47. The predicted octanol–water partition coefficient (Wildman–Crippen LogP) is 2.33. The van der Waals surface area contributed by atoms with Crippen LogP contribution >= 0.6 is 11.8 Å². The molecule has 0 saturated carbocycles. The zero-order valence-corrected chi connectivity index (χ0v) is 8.36. The van der Waals surface area contributed by atoms with Crippen LogP contribution in [-0.2, 0) is 4.79 Å². The maximum absolute atomic E-state index is 13.4. The van der Waals surface area contributed by atoms with E-state index < -0.39 is 12.1 Å². The summed E-state index contributed by atoms with van der Waals surface area (Å²) < 4.78 is 13.4. The van der Waals surface area contributed by atoms with E-state index in [1.807, 2.05) is 0 Å². The minimum absolute atomic E-state index is 0.0221. The zero-order chi connectivity index (χ0) is 9.68. The van der Waals surface area contributed by atoms with E-state index in [1.54, 1.807) is 11.8 Å². The Kier molecular flexibility index (Phi) is 4.56. The summed E-state index contributed by atoms with van der Waals surface area (Å²) in [6, 6.07) is 0. The molecule has 0 spiro atoms. The van der Waals surface area contributed by atoms with Crippen molar-refractivity contribution in [3.05, 3.63) is 0 Å². The van der Waals surface area contributed by atoms with Crippen LogP contribution in [0.5, 0.6) is 0 Å². The summed E-state index contributed by atoms with van der Waals surface area (Å²) in [5.74, 6) is 1.02. The van der Waals surface area contributed by atoms with Gasteiger partial charge < -0.3 is 5.11 Å². The fraction of sp³-hybridized carbons (Fsp3) is 0.889. The lowest BCUT2D eigenvalue weighted by Crippen LogP contribution is -2.16. The number of aliphatic carboxylic acids is 1. The highest BCUT2D eigenvalue weighted by atomic mass is 32.2. The van der Waals surface area contributed by atoms with Crippen LogP contribution in [0.25, 0.3) is 0 Å². The molecule has 1 saturated heterocycles. The largest absolute Gasteiger partial charge is 0.481 e. The molecular formula is C9H15FO2S. The molecule has 1 rings (SSSR count). The highest BCUT2D eigenvalue weighted by Gasteiger charge is 2.23. The van der Waals surface area contributed by atoms with Gasteiger partial charge in [-0.15, -0.1) is 0 Å². The molecule has 1 N–H and O–H groups in total. The van der Waals surface area contributed by atoms with Crippen LogP contribution in [0.15, 0.2) is 0 Å². The second-order valence-electron chi connectivity index (χ2n) is 3.40. The average molecular weight is 206 g/mol. The van der Waals surface area contributed by atoms with Crippen molar-refractivity contribution in [1.82, 2.24) is 0 Å². The van der Waals surface area contributed by atoms with Gasteiger partial charge in [-0.1, -0.05) is 0 Å². The van der Waals surface area contributed by atoms with Gasteiger partial charge in [-0.2, -0.15) is 11.8 Å². The van der Waals surface area contributed by atoms with E-state index in [9.17, 15) is 9.18 Å². The Morgan fingerprint density at radius 1 is 1.46 bits per heavy atom. The Labute approximate surface area is 81.9 Å². The fourth-order valence-electron chi connectivity index (χ4n) is 1.58. The first kappa shape index (κ1) is 10.8. The first-order chi connectivity index (χ1) is 6.20. The van der Waals surface area contributed by atoms with E-state index in [-0.39, 0.29) is 12.3 Å². The maximum Gasteiger partial charge on any atom is 0.303 e. The summed E-state index contributed by atoms with van der Waals surface area (Å²) in [6.45, 7) is 0. The minimum Gasteiger partial charge on any atom is -0.481 e. The average Bonchev–Trinajstić information content (AvgIpc) is 2.27. The number of carboxylic acids is 1. The second-order valence-corrected chi connectivity index (χ2v) is 4.62. The van der Waals surface area contributed by atoms with Crippen LogP contribution in [-0.4, -0.2) is 28.8 Å². The normalized spacial score (nSPS) is 29.6. The molecule has 0 aliphatic carbocycles. The van der Waals surface area contributed by atoms with Crippen molar-refractivity contribution in [3.8, 4) is 0 Å². The van der Waals surface area contributed by atoms with Crippen molar-refractivity contribution in [2.75, 3.05) is 11.5 Å². The Morgan fingerprint density at radius 3 is 2.85 bits per heavy atom. The molecular weight excluding hydrogens is 191 g/mol. The Morgan fingerprint density at radius 2 is 2.15 bits per heavy atom. The molecule has 0 aromatic rings. The first-order valence-electron chi connectivity index (χ1n) is 4.63. The summed E-state index contributed by atoms with van der Waals surface area (Å²) in [6.07, 6.45) is 1.25. The molecule has 1 fully saturated rings. The molecule has 2 nitrogen and oxygen atoms in total. The Balaban J connectivity index is 2.31. The number of halogens is 1. The number of carboxylic acid groups (broad SMARTS) is 1. The molecule has 0 unspecified atom stereocenters. The van der Waals surface area contributed by atoms with E-state index in [4.69, 9.17) is 5.11 Å². The van der Waals surface area contributed by atoms with Gasteiger partial charge in [0.05, 0.1) is 0 Å². The topological polar surface area (TPSA) is 37.3 Å². The van der Waals surface area contributed by atoms with Gasteiger partial charge in [0.1, 0.15) is 6.17 Å². The van der Waals surface area contributed by atoms with E-state index >= 15 is 0 Å². The highest BCUT2D eigenvalue weighted by Crippen LogP contribution is 2.28. The molecule has 0 amide bonds. The number of alkyl halides is 1. The van der Waals surface area contributed by atoms with Gasteiger partial charge in [-0.05, 0) is 36.7 Å². The monoisotopic (exact) mass is 206 g/mol. The van der Waals surface area contributed by atoms with E-state index in [0.29, 0.717) is 12.8 Å². The predicted molar refractivity (Wildman–Crippen MR) is 51.8 cm³/mol. The van der Waals surface area contributed by atoms with E-state index in [1.165, 1.54) is 0 Å². The molecule has 0 aromatic carbocycles. The molecule has 0 radical (unpaired) electrons. The van der Waals surface area contributed by atoms with Crippen LogP contribution in [0.2, 0.25) is 0 Å². The smallest absolute Gasteiger partial charge is 0.303 e. The van der Waals surface area contributed by atoms with Crippen molar-refractivity contribution >= 4 is 17.7 Å². The molecule has 2 atom stereocenters. The molecule has 1 aliphatic heterocycles. The van der Waals surface area contributed by atoms with Crippen LogP contribution in [0.1, 0.15) is 25.7 Å². The van der Waals surface area contributed by atoms with Gasteiger partial charge in [0, 0.05) is 6.42 Å². The van der Waals surface area contributed by atoms with Gasteiger partial charge in [0.15, 0.2) is 0 Å². The van der Waals surface area contributed by atoms with E-state index in [2.05, 4.69) is 0 Å². The molecule has 1 aliphatic rings. The first-order valence-corrected chi connectivity index (χ1v) is 5.79. The molecule has 4 heteroatoms. The van der Waals surface area contributed by atoms with Crippen LogP contribution in [0, 0.1) is 5.92 Å². The minimum atomic E-state index is -0.816. The summed E-state index contributed by atoms with van der Waals surface area (Å²) in [7, 11) is 0. The summed E-state index contributed by atoms with van der Waals surface area (Å²) in [4.78, 5) is 10.3. The fourth-order valence-corrected chi connectivity index (χ4v) is 2.65. The molecule has 1 heterocycles. The van der Waals surface area contributed by atoms with Crippen molar-refractivity contribution in [2.45, 2.75) is 31.9 Å². The van der Waals surface area contributed by atoms with Gasteiger partial charge >= 0.3 is 5.97 Å². The van der Waals surface area contributed by atoms with Gasteiger partial charge in [-0.25, -0.2) is 4.39 Å². The summed E-state index contributed by atoms with van der Waals surface area (Å²) >= 11 is 1.77. The Hall–Kier alpha value is -0.250. The lowest BCUT2D eigenvalue weighted by molar-refractivity contribution is -0.137. The van der Waals surface area contributed by atoms with Gasteiger partial charge in [0.25, 0.3) is 0 Å². The number of hydrogen-bond donors (Lipinski definition) is 1. The third-order valence-corrected chi connectivity index (χ3v) is 3.46. The molecule has 76 valence electrons. The molecule has 0 bridgehead atoms. The lowest BCUT2D eigenvalue weighted by Gasteiger charge is -2.16. The van der Waals surface area contributed by atoms with Crippen molar-refractivity contribution in [1.29, 1.82) is 0 Å².